The molecule has 0 aliphatic heterocycles. The van der Waals surface area contributed by atoms with Crippen molar-refractivity contribution < 1.29 is 0 Å². The molecule has 2 aromatic heterocycles. The highest BCUT2D eigenvalue weighted by atomic mass is 16.2. The Bertz CT molecular complexity index is 576. The maximum atomic E-state index is 11.4. The third-order valence-corrected chi connectivity index (χ3v) is 2.03. The van der Waals surface area contributed by atoms with Crippen LogP contribution in [0.2, 0.25) is 0 Å². The van der Waals surface area contributed by atoms with Crippen LogP contribution in [0.1, 0.15) is 0 Å². The number of aromatic nitrogens is 4. The molecule has 7 heteroatoms. The maximum absolute atomic E-state index is 11.4. The zero-order valence-corrected chi connectivity index (χ0v) is 7.94. The minimum Gasteiger partial charge on any atom is -0.344 e. The van der Waals surface area contributed by atoms with E-state index in [1.54, 1.807) is 7.05 Å². The number of nitrogens with one attached hydrogen (secondary N) is 1. The molecule has 0 saturated heterocycles. The third kappa shape index (κ3) is 1.06. The Hall–Kier alpha value is -1.89. The van der Waals surface area contributed by atoms with E-state index in [1.807, 2.05) is 0 Å². The van der Waals surface area contributed by atoms with Gasteiger partial charge in [0.15, 0.2) is 5.65 Å². The Kier molecular flexibility index (Phi) is 2.26. The van der Waals surface area contributed by atoms with Crippen molar-refractivity contribution in [2.75, 3.05) is 0 Å². The number of H-pyrrole nitrogens is 1. The first kappa shape index (κ1) is 10.2. The van der Waals surface area contributed by atoms with Gasteiger partial charge in [0.25, 0.3) is 5.56 Å². The molecule has 0 aliphatic rings. The van der Waals surface area contributed by atoms with Crippen molar-refractivity contribution in [2.45, 2.75) is 0 Å². The number of aromatic amines is 1. The molecule has 4 N–H and O–H groups in total. The molecule has 2 aromatic rings. The Morgan fingerprint density at radius 2 is 1.93 bits per heavy atom. The highest BCUT2D eigenvalue weighted by Gasteiger charge is 2.08. The van der Waals surface area contributed by atoms with Crippen molar-refractivity contribution in [3.63, 3.8) is 0 Å². The summed E-state index contributed by atoms with van der Waals surface area (Å²) in [4.78, 5) is 29.4. The van der Waals surface area contributed by atoms with E-state index >= 15 is 0 Å². The maximum Gasteiger partial charge on any atom is 0.332 e. The van der Waals surface area contributed by atoms with E-state index in [0.717, 1.165) is 4.57 Å². The van der Waals surface area contributed by atoms with Gasteiger partial charge in [-0.1, -0.05) is 0 Å². The fraction of sp³-hybridized carbons (Fsp3) is 0.286. The molecule has 0 fully saturated rings. The number of hydrogen-bond acceptors (Lipinski definition) is 4. The number of nitrogens with zero attached hydrogens (tertiary/aromatic N) is 3. The topological polar surface area (TPSA) is 108 Å². The molecule has 0 amide bonds. The lowest BCUT2D eigenvalue weighted by molar-refractivity contribution is 0.709. The van der Waals surface area contributed by atoms with Crippen LogP contribution < -0.4 is 17.4 Å². The van der Waals surface area contributed by atoms with E-state index in [9.17, 15) is 9.59 Å². The second-order valence-corrected chi connectivity index (χ2v) is 2.81. The molecule has 2 rings (SSSR count). The predicted molar refractivity (Wildman–Crippen MR) is 51.6 cm³/mol. The fourth-order valence-corrected chi connectivity index (χ4v) is 1.27. The van der Waals surface area contributed by atoms with Crippen LogP contribution in [-0.2, 0) is 14.1 Å². The summed E-state index contributed by atoms with van der Waals surface area (Å²) in [5.41, 5.74) is 0.0119. The van der Waals surface area contributed by atoms with E-state index in [-0.39, 0.29) is 17.4 Å². The summed E-state index contributed by atoms with van der Waals surface area (Å²) < 4.78 is 2.37. The van der Waals surface area contributed by atoms with Crippen LogP contribution >= 0.6 is 0 Å². The molecular weight excluding hydrogens is 186 g/mol. The average Bonchev–Trinajstić information content (AvgIpc) is 2.59. The van der Waals surface area contributed by atoms with Gasteiger partial charge in [-0.3, -0.25) is 13.9 Å². The highest BCUT2D eigenvalue weighted by Crippen LogP contribution is 1.97. The van der Waals surface area contributed by atoms with Gasteiger partial charge in [0.05, 0.1) is 6.33 Å². The molecule has 0 aromatic carbocycles. The summed E-state index contributed by atoms with van der Waals surface area (Å²) in [5.74, 6) is 0. The molecule has 0 atom stereocenters. The Morgan fingerprint density at radius 1 is 1.29 bits per heavy atom. The van der Waals surface area contributed by atoms with Crippen molar-refractivity contribution in [2.24, 2.45) is 14.1 Å². The summed E-state index contributed by atoms with van der Waals surface area (Å²) in [6, 6.07) is 0. The quantitative estimate of drug-likeness (QED) is 0.571. The normalized spacial score (nSPS) is 10.1. The summed E-state index contributed by atoms with van der Waals surface area (Å²) in [6.07, 6.45) is 1.39. The molecule has 0 unspecified atom stereocenters. The first-order valence-corrected chi connectivity index (χ1v) is 3.72. The van der Waals surface area contributed by atoms with Gasteiger partial charge in [0, 0.05) is 14.1 Å². The van der Waals surface area contributed by atoms with Crippen molar-refractivity contribution in [1.29, 1.82) is 0 Å². The standard InChI is InChI=1S/C7H8N4O2.H3N/c1-10-5-4(8-3-9-5)6(12)11(2)7(10)13;/h3H,1-2H3,(H,8,9);1H3. The zero-order chi connectivity index (χ0) is 9.59. The van der Waals surface area contributed by atoms with Crippen LogP contribution in [0.25, 0.3) is 11.2 Å². The van der Waals surface area contributed by atoms with Crippen LogP contribution in [-0.4, -0.2) is 19.1 Å². The van der Waals surface area contributed by atoms with Gasteiger partial charge < -0.3 is 11.1 Å². The van der Waals surface area contributed by atoms with Crippen LogP contribution in [0.5, 0.6) is 0 Å². The van der Waals surface area contributed by atoms with Crippen LogP contribution in [0.3, 0.4) is 0 Å². The van der Waals surface area contributed by atoms with E-state index in [2.05, 4.69) is 9.97 Å². The second kappa shape index (κ2) is 3.11. The lowest BCUT2D eigenvalue weighted by Gasteiger charge is -2.00. The first-order chi connectivity index (χ1) is 6.13. The largest absolute Gasteiger partial charge is 0.344 e. The number of aryl methyl sites for hydroxylation is 1. The fourth-order valence-electron chi connectivity index (χ4n) is 1.27. The zero-order valence-electron chi connectivity index (χ0n) is 7.94. The smallest absolute Gasteiger partial charge is 0.332 e. The lowest BCUT2D eigenvalue weighted by atomic mass is 10.5. The summed E-state index contributed by atoms with van der Waals surface area (Å²) in [7, 11) is 3.01. The molecule has 0 bridgehead atoms. The van der Waals surface area contributed by atoms with Gasteiger partial charge in [-0.15, -0.1) is 0 Å². The molecule has 0 radical (unpaired) electrons. The average molecular weight is 197 g/mol. The number of hydrogen-bond donors (Lipinski definition) is 2. The predicted octanol–water partition coefficient (Wildman–Crippen LogP) is -0.878. The van der Waals surface area contributed by atoms with Crippen molar-refractivity contribution in [3.05, 3.63) is 27.2 Å². The van der Waals surface area contributed by atoms with E-state index in [4.69, 9.17) is 0 Å². The Balaban J connectivity index is 0.000000980. The summed E-state index contributed by atoms with van der Waals surface area (Å²) in [5, 5.41) is 0. The SMILES string of the molecule is Cn1c(=O)c2[nH]cnc2n(C)c1=O.N. The van der Waals surface area contributed by atoms with E-state index in [1.165, 1.54) is 17.9 Å². The highest BCUT2D eigenvalue weighted by molar-refractivity contribution is 5.68. The summed E-state index contributed by atoms with van der Waals surface area (Å²) >= 11 is 0. The molecular formula is C7H11N5O2. The van der Waals surface area contributed by atoms with Crippen molar-refractivity contribution in [3.8, 4) is 0 Å². The third-order valence-electron chi connectivity index (χ3n) is 2.03. The van der Waals surface area contributed by atoms with Gasteiger partial charge in [0.2, 0.25) is 0 Å². The molecule has 7 nitrogen and oxygen atoms in total. The molecule has 0 spiro atoms. The van der Waals surface area contributed by atoms with Crippen LogP contribution in [0.4, 0.5) is 0 Å². The van der Waals surface area contributed by atoms with Crippen molar-refractivity contribution >= 4 is 11.2 Å². The van der Waals surface area contributed by atoms with Gasteiger partial charge in [0.1, 0.15) is 5.52 Å². The van der Waals surface area contributed by atoms with E-state index < -0.39 is 0 Å². The second-order valence-electron chi connectivity index (χ2n) is 2.81. The molecule has 0 saturated carbocycles. The van der Waals surface area contributed by atoms with Gasteiger partial charge in [-0.05, 0) is 0 Å². The molecule has 76 valence electrons. The van der Waals surface area contributed by atoms with Crippen molar-refractivity contribution in [1.82, 2.24) is 25.3 Å². The molecule has 14 heavy (non-hydrogen) atoms. The van der Waals surface area contributed by atoms with Gasteiger partial charge >= 0.3 is 5.69 Å². The number of rotatable bonds is 0. The monoisotopic (exact) mass is 197 g/mol. The minimum atomic E-state index is -0.371. The minimum absolute atomic E-state index is 0. The van der Waals surface area contributed by atoms with Crippen LogP contribution in [0.15, 0.2) is 15.9 Å². The number of imidazole rings is 1. The molecule has 2 heterocycles. The first-order valence-electron chi connectivity index (χ1n) is 3.72. The van der Waals surface area contributed by atoms with Gasteiger partial charge in [-0.2, -0.15) is 0 Å². The number of fused-ring (bicyclic) bond motifs is 1. The molecule has 0 aliphatic carbocycles. The Morgan fingerprint density at radius 3 is 2.57 bits per heavy atom. The van der Waals surface area contributed by atoms with Gasteiger partial charge in [-0.25, -0.2) is 9.78 Å². The summed E-state index contributed by atoms with van der Waals surface area (Å²) in [6.45, 7) is 0. The van der Waals surface area contributed by atoms with Crippen LogP contribution in [0, 0.1) is 0 Å². The lowest BCUT2D eigenvalue weighted by Crippen LogP contribution is -2.36. The van der Waals surface area contributed by atoms with E-state index in [0.29, 0.717) is 11.2 Å². The Labute approximate surface area is 78.6 Å².